The van der Waals surface area contributed by atoms with Gasteiger partial charge in [-0.15, -0.1) is 11.3 Å². The van der Waals surface area contributed by atoms with Gasteiger partial charge in [-0.05, 0) is 54.5 Å². The Hall–Kier alpha value is -3.12. The molecule has 160 valence electrons. The van der Waals surface area contributed by atoms with Crippen molar-refractivity contribution in [2.75, 3.05) is 19.7 Å². The first-order chi connectivity index (χ1) is 15.0. The van der Waals surface area contributed by atoms with E-state index in [1.807, 2.05) is 25.1 Å². The lowest BCUT2D eigenvalue weighted by Crippen LogP contribution is -2.42. The van der Waals surface area contributed by atoms with E-state index < -0.39 is 5.41 Å². The van der Waals surface area contributed by atoms with Crippen LogP contribution in [-0.4, -0.2) is 36.4 Å². The van der Waals surface area contributed by atoms with E-state index in [2.05, 4.69) is 35.7 Å². The molecule has 5 nitrogen and oxygen atoms in total. The van der Waals surface area contributed by atoms with Gasteiger partial charge in [0.05, 0.1) is 17.6 Å². The van der Waals surface area contributed by atoms with Crippen molar-refractivity contribution in [1.29, 1.82) is 0 Å². The van der Waals surface area contributed by atoms with Gasteiger partial charge in [0, 0.05) is 18.0 Å². The molecule has 31 heavy (non-hydrogen) atoms. The number of rotatable bonds is 7. The molecule has 1 saturated heterocycles. The van der Waals surface area contributed by atoms with Crippen molar-refractivity contribution in [3.63, 3.8) is 0 Å². The normalized spacial score (nSPS) is 18.2. The van der Waals surface area contributed by atoms with Crippen LogP contribution in [0.5, 0.6) is 5.75 Å². The van der Waals surface area contributed by atoms with Gasteiger partial charge in [-0.25, -0.2) is 0 Å². The maximum absolute atomic E-state index is 13.2. The minimum absolute atomic E-state index is 0.125. The summed E-state index contributed by atoms with van der Waals surface area (Å²) >= 11 is 1.70. The van der Waals surface area contributed by atoms with E-state index in [1.165, 1.54) is 4.88 Å². The van der Waals surface area contributed by atoms with Crippen molar-refractivity contribution >= 4 is 23.2 Å². The maximum atomic E-state index is 13.2. The number of amides is 2. The fraction of sp³-hybridized carbons (Fsp3) is 0.280. The van der Waals surface area contributed by atoms with Crippen LogP contribution in [0.3, 0.4) is 0 Å². The van der Waals surface area contributed by atoms with Crippen molar-refractivity contribution in [3.8, 4) is 16.2 Å². The number of nitrogens with zero attached hydrogens (tertiary/aromatic N) is 1. The van der Waals surface area contributed by atoms with E-state index in [-0.39, 0.29) is 11.8 Å². The van der Waals surface area contributed by atoms with Crippen LogP contribution in [0.25, 0.3) is 10.4 Å². The molecule has 0 saturated carbocycles. The summed E-state index contributed by atoms with van der Waals surface area (Å²) in [7, 11) is 0. The minimum atomic E-state index is -0.763. The van der Waals surface area contributed by atoms with Crippen LogP contribution < -0.4 is 10.5 Å². The van der Waals surface area contributed by atoms with Crippen molar-refractivity contribution in [3.05, 3.63) is 77.2 Å². The predicted octanol–water partition coefficient (Wildman–Crippen LogP) is 4.37. The number of ether oxygens (including phenoxy) is 1. The Morgan fingerprint density at radius 2 is 1.87 bits per heavy atom. The first-order valence-electron chi connectivity index (χ1n) is 10.5. The van der Waals surface area contributed by atoms with Crippen LogP contribution in [-0.2, 0) is 11.2 Å². The number of likely N-dealkylation sites (tertiary alicyclic amines) is 1. The Morgan fingerprint density at radius 3 is 2.55 bits per heavy atom. The Bertz CT molecular complexity index is 1060. The molecule has 2 aromatic carbocycles. The average molecular weight is 435 g/mol. The van der Waals surface area contributed by atoms with E-state index >= 15 is 0 Å². The van der Waals surface area contributed by atoms with Gasteiger partial charge in [0.15, 0.2) is 0 Å². The van der Waals surface area contributed by atoms with E-state index in [4.69, 9.17) is 10.5 Å². The molecule has 2 N–H and O–H groups in total. The zero-order valence-electron chi connectivity index (χ0n) is 17.5. The van der Waals surface area contributed by atoms with Crippen LogP contribution in [0.1, 0.15) is 29.3 Å². The Kier molecular flexibility index (Phi) is 6.09. The Labute approximate surface area is 186 Å². The second-order valence-corrected chi connectivity index (χ2v) is 8.85. The van der Waals surface area contributed by atoms with Gasteiger partial charge in [-0.3, -0.25) is 9.59 Å². The minimum Gasteiger partial charge on any atom is -0.493 e. The lowest BCUT2D eigenvalue weighted by atomic mass is 9.80. The third-order valence-electron chi connectivity index (χ3n) is 5.88. The molecule has 1 atom stereocenters. The fourth-order valence-corrected chi connectivity index (χ4v) is 4.93. The van der Waals surface area contributed by atoms with Crippen molar-refractivity contribution in [2.45, 2.75) is 19.8 Å². The molecule has 1 fully saturated rings. The van der Waals surface area contributed by atoms with Crippen molar-refractivity contribution < 1.29 is 14.3 Å². The highest BCUT2D eigenvalue weighted by molar-refractivity contribution is 7.13. The number of carbonyl (C=O) groups is 2. The number of para-hydroxylation sites is 1. The van der Waals surface area contributed by atoms with Crippen LogP contribution in [0.15, 0.2) is 66.0 Å². The standard InChI is InChI=1S/C25H26N2O3S/c1-2-30-21-7-4-3-6-20(21)23(28)27-14-13-25(17-27,24(26)29)16-18-9-11-19(12-10-18)22-8-5-15-31-22/h3-12,15H,2,13-14,16-17H2,1H3,(H2,26,29). The van der Waals surface area contributed by atoms with Crippen LogP contribution in [0.2, 0.25) is 0 Å². The SMILES string of the molecule is CCOc1ccccc1C(=O)N1CCC(Cc2ccc(-c3cccs3)cc2)(C(N)=O)C1. The molecule has 2 heterocycles. The van der Waals surface area contributed by atoms with E-state index in [0.717, 1.165) is 11.1 Å². The number of primary amides is 1. The fourth-order valence-electron chi connectivity index (χ4n) is 4.19. The van der Waals surface area contributed by atoms with Gasteiger partial charge in [0.1, 0.15) is 5.75 Å². The van der Waals surface area contributed by atoms with Gasteiger partial charge < -0.3 is 15.4 Å². The van der Waals surface area contributed by atoms with E-state index in [1.54, 1.807) is 28.4 Å². The number of carbonyl (C=O) groups excluding carboxylic acids is 2. The monoisotopic (exact) mass is 434 g/mol. The lowest BCUT2D eigenvalue weighted by molar-refractivity contribution is -0.126. The van der Waals surface area contributed by atoms with Crippen molar-refractivity contribution in [2.24, 2.45) is 11.1 Å². The highest BCUT2D eigenvalue weighted by Crippen LogP contribution is 2.36. The van der Waals surface area contributed by atoms with Gasteiger partial charge in [0.2, 0.25) is 5.91 Å². The summed E-state index contributed by atoms with van der Waals surface area (Å²) in [6.07, 6.45) is 1.07. The molecular formula is C25H26N2O3S. The number of benzene rings is 2. The lowest BCUT2D eigenvalue weighted by Gasteiger charge is -2.26. The summed E-state index contributed by atoms with van der Waals surface area (Å²) in [6, 6.07) is 19.6. The average Bonchev–Trinajstić information content (AvgIpc) is 3.46. The maximum Gasteiger partial charge on any atom is 0.257 e. The van der Waals surface area contributed by atoms with Crippen LogP contribution in [0, 0.1) is 5.41 Å². The smallest absolute Gasteiger partial charge is 0.257 e. The van der Waals surface area contributed by atoms with Gasteiger partial charge in [-0.1, -0.05) is 42.5 Å². The molecular weight excluding hydrogens is 408 g/mol. The Balaban J connectivity index is 1.52. The molecule has 4 rings (SSSR count). The van der Waals surface area contributed by atoms with Crippen molar-refractivity contribution in [1.82, 2.24) is 4.90 Å². The molecule has 2 amide bonds. The summed E-state index contributed by atoms with van der Waals surface area (Å²) in [5.41, 5.74) is 7.82. The molecule has 0 aliphatic carbocycles. The molecule has 1 aliphatic rings. The predicted molar refractivity (Wildman–Crippen MR) is 123 cm³/mol. The van der Waals surface area contributed by atoms with Crippen LogP contribution in [0.4, 0.5) is 0 Å². The molecule has 0 radical (unpaired) electrons. The summed E-state index contributed by atoms with van der Waals surface area (Å²) in [5, 5.41) is 2.05. The number of thiophene rings is 1. The second-order valence-electron chi connectivity index (χ2n) is 7.90. The second kappa shape index (κ2) is 8.94. The topological polar surface area (TPSA) is 72.6 Å². The summed E-state index contributed by atoms with van der Waals surface area (Å²) in [6.45, 7) is 3.18. The molecule has 1 aromatic heterocycles. The zero-order chi connectivity index (χ0) is 21.8. The molecule has 6 heteroatoms. The molecule has 1 aliphatic heterocycles. The molecule has 3 aromatic rings. The molecule has 0 bridgehead atoms. The Morgan fingerprint density at radius 1 is 1.10 bits per heavy atom. The zero-order valence-corrected chi connectivity index (χ0v) is 18.4. The van der Waals surface area contributed by atoms with E-state index in [9.17, 15) is 9.59 Å². The summed E-state index contributed by atoms with van der Waals surface area (Å²) in [5.74, 6) is 0.0826. The molecule has 1 unspecified atom stereocenters. The third kappa shape index (κ3) is 4.35. The van der Waals surface area contributed by atoms with E-state index in [0.29, 0.717) is 43.9 Å². The number of nitrogens with two attached hydrogens (primary N) is 1. The molecule has 0 spiro atoms. The first kappa shape index (κ1) is 21.1. The van der Waals surface area contributed by atoms with Gasteiger partial charge in [0.25, 0.3) is 5.91 Å². The number of hydrogen-bond acceptors (Lipinski definition) is 4. The third-order valence-corrected chi connectivity index (χ3v) is 6.80. The van der Waals surface area contributed by atoms with Gasteiger partial charge in [-0.2, -0.15) is 0 Å². The quantitative estimate of drug-likeness (QED) is 0.600. The highest BCUT2D eigenvalue weighted by Gasteiger charge is 2.45. The first-order valence-corrected chi connectivity index (χ1v) is 11.3. The largest absolute Gasteiger partial charge is 0.493 e. The summed E-state index contributed by atoms with van der Waals surface area (Å²) < 4.78 is 5.62. The van der Waals surface area contributed by atoms with Crippen LogP contribution >= 0.6 is 11.3 Å². The van der Waals surface area contributed by atoms with Gasteiger partial charge >= 0.3 is 0 Å². The highest BCUT2D eigenvalue weighted by atomic mass is 32.1. The summed E-state index contributed by atoms with van der Waals surface area (Å²) in [4.78, 5) is 28.6. The number of hydrogen-bond donors (Lipinski definition) is 1.